The first kappa shape index (κ1) is 24.3. The van der Waals surface area contributed by atoms with Gasteiger partial charge in [0.25, 0.3) is 5.91 Å². The van der Waals surface area contributed by atoms with Crippen LogP contribution in [0, 0.1) is 11.3 Å². The Kier molecular flexibility index (Phi) is 9.38. The van der Waals surface area contributed by atoms with E-state index < -0.39 is 11.9 Å². The van der Waals surface area contributed by atoms with Crippen molar-refractivity contribution in [3.63, 3.8) is 0 Å². The lowest BCUT2D eigenvalue weighted by molar-refractivity contribution is -0.145. The van der Waals surface area contributed by atoms with E-state index in [1.54, 1.807) is 50.2 Å². The van der Waals surface area contributed by atoms with Gasteiger partial charge in [-0.2, -0.15) is 5.26 Å². The van der Waals surface area contributed by atoms with Gasteiger partial charge >= 0.3 is 5.97 Å². The van der Waals surface area contributed by atoms with E-state index in [4.69, 9.17) is 25.8 Å². The predicted octanol–water partition coefficient (Wildman–Crippen LogP) is 4.99. The highest BCUT2D eigenvalue weighted by molar-refractivity contribution is 9.10. The number of rotatable bonds is 9. The van der Waals surface area contributed by atoms with Gasteiger partial charge in [0.2, 0.25) is 0 Å². The smallest absolute Gasteiger partial charge is 0.344 e. The van der Waals surface area contributed by atoms with Gasteiger partial charge in [0, 0.05) is 10.7 Å². The Bertz CT molecular complexity index is 1020. The number of halogens is 2. The lowest BCUT2D eigenvalue weighted by Crippen LogP contribution is -2.15. The number of anilines is 1. The fourth-order valence-corrected chi connectivity index (χ4v) is 3.16. The lowest BCUT2D eigenvalue weighted by Gasteiger charge is -2.14. The number of ether oxygens (including phenoxy) is 3. The highest BCUT2D eigenvalue weighted by Crippen LogP contribution is 2.37. The molecule has 31 heavy (non-hydrogen) atoms. The van der Waals surface area contributed by atoms with Crippen LogP contribution in [0.4, 0.5) is 5.69 Å². The second-order valence-electron chi connectivity index (χ2n) is 5.99. The zero-order valence-corrected chi connectivity index (χ0v) is 19.2. The number of hydrogen-bond donors (Lipinski definition) is 1. The van der Waals surface area contributed by atoms with Crippen LogP contribution in [-0.4, -0.2) is 31.7 Å². The van der Waals surface area contributed by atoms with Gasteiger partial charge in [-0.05, 0) is 77.8 Å². The van der Waals surface area contributed by atoms with Crippen LogP contribution < -0.4 is 14.8 Å². The van der Waals surface area contributed by atoms with Gasteiger partial charge in [-0.3, -0.25) is 4.79 Å². The summed E-state index contributed by atoms with van der Waals surface area (Å²) in [5, 5.41) is 12.6. The number of esters is 1. The minimum Gasteiger partial charge on any atom is -0.490 e. The SMILES string of the molecule is CCOC(=O)COc1c(Br)cc(/C=C(\C#N)C(=O)Nc2ccc(Cl)cc2)cc1OCC. The molecule has 7 nitrogen and oxygen atoms in total. The number of nitrogens with zero attached hydrogens (tertiary/aromatic N) is 1. The van der Waals surface area contributed by atoms with Crippen molar-refractivity contribution < 1.29 is 23.8 Å². The summed E-state index contributed by atoms with van der Waals surface area (Å²) in [5.41, 5.74) is 0.931. The molecule has 2 rings (SSSR count). The summed E-state index contributed by atoms with van der Waals surface area (Å²) in [6.07, 6.45) is 1.42. The minimum absolute atomic E-state index is 0.107. The molecule has 2 aromatic carbocycles. The molecule has 0 heterocycles. The molecule has 0 fully saturated rings. The van der Waals surface area contributed by atoms with Crippen LogP contribution in [0.15, 0.2) is 46.4 Å². The molecule has 0 spiro atoms. The standard InChI is InChI=1S/C22H20BrClN2O5/c1-3-29-19-11-14(10-18(23)21(19)31-13-20(27)30-4-2)9-15(12-25)22(28)26-17-7-5-16(24)6-8-17/h5-11H,3-4,13H2,1-2H3,(H,26,28)/b15-9+. The van der Waals surface area contributed by atoms with Crippen LogP contribution in [0.1, 0.15) is 19.4 Å². The minimum atomic E-state index is -0.568. The Hall–Kier alpha value is -3.02. The Morgan fingerprint density at radius 2 is 1.87 bits per heavy atom. The van der Waals surface area contributed by atoms with Crippen LogP contribution in [0.2, 0.25) is 5.02 Å². The van der Waals surface area contributed by atoms with Crippen molar-refractivity contribution in [1.29, 1.82) is 5.26 Å². The van der Waals surface area contributed by atoms with Crippen LogP contribution in [-0.2, 0) is 14.3 Å². The summed E-state index contributed by atoms with van der Waals surface area (Å²) in [4.78, 5) is 24.1. The molecule has 0 atom stereocenters. The number of benzene rings is 2. The summed E-state index contributed by atoms with van der Waals surface area (Å²) < 4.78 is 16.5. The van der Waals surface area contributed by atoms with Gasteiger partial charge in [0.05, 0.1) is 17.7 Å². The Labute approximate surface area is 193 Å². The molecule has 0 radical (unpaired) electrons. The molecule has 0 unspecified atom stereocenters. The van der Waals surface area contributed by atoms with Crippen LogP contribution in [0.25, 0.3) is 6.08 Å². The number of nitrogens with one attached hydrogen (secondary N) is 1. The second-order valence-corrected chi connectivity index (χ2v) is 7.28. The van der Waals surface area contributed by atoms with Gasteiger partial charge in [0.1, 0.15) is 11.6 Å². The summed E-state index contributed by atoms with van der Waals surface area (Å²) in [5.74, 6) is -0.410. The molecule has 0 bridgehead atoms. The van der Waals surface area contributed by atoms with Crippen molar-refractivity contribution in [2.75, 3.05) is 25.1 Å². The maximum absolute atomic E-state index is 12.5. The molecular weight excluding hydrogens is 488 g/mol. The van der Waals surface area contributed by atoms with Gasteiger partial charge < -0.3 is 19.5 Å². The first-order valence-electron chi connectivity index (χ1n) is 9.31. The number of carbonyl (C=O) groups is 2. The van der Waals surface area contributed by atoms with Crippen molar-refractivity contribution in [2.24, 2.45) is 0 Å². The Balaban J connectivity index is 2.27. The second kappa shape index (κ2) is 12.0. The maximum atomic E-state index is 12.5. The molecule has 1 N–H and O–H groups in total. The molecule has 9 heteroatoms. The average Bonchev–Trinajstić information content (AvgIpc) is 2.73. The van der Waals surface area contributed by atoms with E-state index in [1.807, 2.05) is 6.07 Å². The fourth-order valence-electron chi connectivity index (χ4n) is 2.45. The third-order valence-corrected chi connectivity index (χ3v) is 4.59. The van der Waals surface area contributed by atoms with Crippen molar-refractivity contribution >= 4 is 51.2 Å². The molecule has 162 valence electrons. The lowest BCUT2D eigenvalue weighted by atomic mass is 10.1. The summed E-state index contributed by atoms with van der Waals surface area (Å²) in [6.45, 7) is 3.81. The first-order chi connectivity index (χ1) is 14.9. The number of nitriles is 1. The van der Waals surface area contributed by atoms with E-state index in [-0.39, 0.29) is 18.8 Å². The highest BCUT2D eigenvalue weighted by Gasteiger charge is 2.16. The van der Waals surface area contributed by atoms with E-state index in [9.17, 15) is 14.9 Å². The van der Waals surface area contributed by atoms with Gasteiger partial charge in [-0.15, -0.1) is 0 Å². The monoisotopic (exact) mass is 506 g/mol. The van der Waals surface area contributed by atoms with Crippen molar-refractivity contribution in [3.8, 4) is 17.6 Å². The van der Waals surface area contributed by atoms with E-state index in [0.29, 0.717) is 38.9 Å². The quantitative estimate of drug-likeness (QED) is 0.292. The van der Waals surface area contributed by atoms with Gasteiger partial charge in [0.15, 0.2) is 18.1 Å². The largest absolute Gasteiger partial charge is 0.490 e. The normalized spacial score (nSPS) is 10.7. The summed E-state index contributed by atoms with van der Waals surface area (Å²) in [6, 6.07) is 11.7. The fraction of sp³-hybridized carbons (Fsp3) is 0.227. The third-order valence-electron chi connectivity index (χ3n) is 3.75. The first-order valence-corrected chi connectivity index (χ1v) is 10.5. The molecule has 0 saturated heterocycles. The highest BCUT2D eigenvalue weighted by atomic mass is 79.9. The zero-order chi connectivity index (χ0) is 22.8. The molecular formula is C22H20BrClN2O5. The van der Waals surface area contributed by atoms with E-state index in [1.165, 1.54) is 6.08 Å². The van der Waals surface area contributed by atoms with Gasteiger partial charge in [-0.25, -0.2) is 4.79 Å². The molecule has 0 aliphatic carbocycles. The predicted molar refractivity (Wildman–Crippen MR) is 121 cm³/mol. The number of amides is 1. The van der Waals surface area contributed by atoms with Crippen LogP contribution in [0.5, 0.6) is 11.5 Å². The summed E-state index contributed by atoms with van der Waals surface area (Å²) in [7, 11) is 0. The molecule has 2 aromatic rings. The van der Waals surface area contributed by atoms with E-state index in [2.05, 4.69) is 21.2 Å². The average molecular weight is 508 g/mol. The van der Waals surface area contributed by atoms with Gasteiger partial charge in [-0.1, -0.05) is 11.6 Å². The van der Waals surface area contributed by atoms with Crippen molar-refractivity contribution in [3.05, 3.63) is 57.0 Å². The van der Waals surface area contributed by atoms with Crippen molar-refractivity contribution in [1.82, 2.24) is 0 Å². The Morgan fingerprint density at radius 3 is 2.48 bits per heavy atom. The van der Waals surface area contributed by atoms with Crippen molar-refractivity contribution in [2.45, 2.75) is 13.8 Å². The maximum Gasteiger partial charge on any atom is 0.344 e. The summed E-state index contributed by atoms with van der Waals surface area (Å²) >= 11 is 9.22. The van der Waals surface area contributed by atoms with E-state index in [0.717, 1.165) is 0 Å². The molecule has 0 aliphatic rings. The molecule has 0 aromatic heterocycles. The molecule has 0 saturated carbocycles. The zero-order valence-electron chi connectivity index (χ0n) is 16.9. The number of hydrogen-bond acceptors (Lipinski definition) is 6. The Morgan fingerprint density at radius 1 is 1.16 bits per heavy atom. The van der Waals surface area contributed by atoms with Crippen LogP contribution in [0.3, 0.4) is 0 Å². The topological polar surface area (TPSA) is 97.7 Å². The molecule has 1 amide bonds. The number of carbonyl (C=O) groups excluding carboxylic acids is 2. The third kappa shape index (κ3) is 7.31. The molecule has 0 aliphatic heterocycles. The van der Waals surface area contributed by atoms with E-state index >= 15 is 0 Å². The van der Waals surface area contributed by atoms with Crippen LogP contribution >= 0.6 is 27.5 Å².